The van der Waals surface area contributed by atoms with E-state index in [1.165, 1.54) is 5.38 Å². The Bertz CT molecular complexity index is 705. The summed E-state index contributed by atoms with van der Waals surface area (Å²) in [4.78, 5) is 36.0. The summed E-state index contributed by atoms with van der Waals surface area (Å²) in [5, 5.41) is 20.7. The third-order valence-corrected chi connectivity index (χ3v) is 3.12. The first-order chi connectivity index (χ1) is 8.97. The van der Waals surface area contributed by atoms with Gasteiger partial charge in [0.25, 0.3) is 11.2 Å². The zero-order valence-electron chi connectivity index (χ0n) is 9.35. The molecule has 2 aromatic heterocycles. The minimum atomic E-state index is -1.15. The summed E-state index contributed by atoms with van der Waals surface area (Å²) >= 11 is 0.933. The van der Waals surface area contributed by atoms with Crippen LogP contribution in [0.4, 0.5) is 5.69 Å². The van der Waals surface area contributed by atoms with E-state index in [2.05, 4.69) is 4.98 Å². The maximum absolute atomic E-state index is 11.5. The molecule has 0 amide bonds. The lowest BCUT2D eigenvalue weighted by molar-refractivity contribution is -0.385. The van der Waals surface area contributed by atoms with Crippen LogP contribution in [0.5, 0.6) is 0 Å². The zero-order valence-corrected chi connectivity index (χ0v) is 10.2. The first-order valence-corrected chi connectivity index (χ1v) is 5.88. The molecule has 0 saturated heterocycles. The third kappa shape index (κ3) is 2.83. The van der Waals surface area contributed by atoms with E-state index in [0.717, 1.165) is 34.2 Å². The van der Waals surface area contributed by atoms with Gasteiger partial charge in [-0.1, -0.05) is 0 Å². The summed E-state index contributed by atoms with van der Waals surface area (Å²) in [6.45, 7) is -0.00963. The number of nitro groups is 1. The number of pyridine rings is 1. The first kappa shape index (κ1) is 12.9. The molecule has 19 heavy (non-hydrogen) atoms. The molecule has 98 valence electrons. The fraction of sp³-hybridized carbons (Fsp3) is 0.100. The van der Waals surface area contributed by atoms with Crippen molar-refractivity contribution in [2.75, 3.05) is 0 Å². The highest BCUT2D eigenvalue weighted by atomic mass is 32.1. The number of aromatic carboxylic acids is 1. The Balaban J connectivity index is 2.31. The van der Waals surface area contributed by atoms with Gasteiger partial charge in [-0.05, 0) is 0 Å². The SMILES string of the molecule is O=C(O)c1nc(Cn2cc([N+](=O)[O-])ccc2=O)cs1. The van der Waals surface area contributed by atoms with Crippen molar-refractivity contribution in [3.05, 3.63) is 54.9 Å². The van der Waals surface area contributed by atoms with Crippen molar-refractivity contribution in [1.82, 2.24) is 9.55 Å². The second-order valence-electron chi connectivity index (χ2n) is 3.56. The molecule has 0 unspecified atom stereocenters. The maximum Gasteiger partial charge on any atom is 0.365 e. The van der Waals surface area contributed by atoms with Gasteiger partial charge < -0.3 is 9.67 Å². The number of nitrogens with zero attached hydrogens (tertiary/aromatic N) is 3. The molecular weight excluding hydrogens is 274 g/mol. The summed E-state index contributed by atoms with van der Waals surface area (Å²) in [6, 6.07) is 2.20. The van der Waals surface area contributed by atoms with Gasteiger partial charge in [-0.3, -0.25) is 14.9 Å². The normalized spacial score (nSPS) is 10.3. The van der Waals surface area contributed by atoms with E-state index in [4.69, 9.17) is 5.11 Å². The Morgan fingerprint density at radius 1 is 1.53 bits per heavy atom. The summed E-state index contributed by atoms with van der Waals surface area (Å²) in [7, 11) is 0. The Kier molecular flexibility index (Phi) is 3.38. The van der Waals surface area contributed by atoms with Gasteiger partial charge in [0.15, 0.2) is 0 Å². The van der Waals surface area contributed by atoms with Gasteiger partial charge >= 0.3 is 5.97 Å². The summed E-state index contributed by atoms with van der Waals surface area (Å²) < 4.78 is 1.11. The highest BCUT2D eigenvalue weighted by Gasteiger charge is 2.12. The van der Waals surface area contributed by atoms with Crippen LogP contribution in [0.2, 0.25) is 0 Å². The van der Waals surface area contributed by atoms with E-state index in [9.17, 15) is 19.7 Å². The maximum atomic E-state index is 11.5. The van der Waals surface area contributed by atoms with Gasteiger partial charge in [0.05, 0.1) is 23.4 Å². The molecule has 0 aliphatic heterocycles. The Morgan fingerprint density at radius 3 is 2.84 bits per heavy atom. The van der Waals surface area contributed by atoms with Crippen molar-refractivity contribution in [1.29, 1.82) is 0 Å². The summed E-state index contributed by atoms with van der Waals surface area (Å²) in [5.74, 6) is -1.15. The van der Waals surface area contributed by atoms with E-state index in [0.29, 0.717) is 5.69 Å². The predicted molar refractivity (Wildman–Crippen MR) is 65.5 cm³/mol. The van der Waals surface area contributed by atoms with Crippen LogP contribution in [-0.2, 0) is 6.54 Å². The van der Waals surface area contributed by atoms with E-state index in [-0.39, 0.29) is 17.2 Å². The number of rotatable bonds is 4. The summed E-state index contributed by atoms with van der Waals surface area (Å²) in [6.07, 6.45) is 1.10. The minimum absolute atomic E-state index is 0.00963. The number of carboxylic acid groups (broad SMARTS) is 1. The topological polar surface area (TPSA) is 115 Å². The first-order valence-electron chi connectivity index (χ1n) is 5.00. The molecule has 0 atom stereocenters. The summed E-state index contributed by atoms with van der Waals surface area (Å²) in [5.41, 5.74) is -0.270. The quantitative estimate of drug-likeness (QED) is 0.659. The Labute approximate surface area is 109 Å². The average molecular weight is 281 g/mol. The fourth-order valence-corrected chi connectivity index (χ4v) is 2.05. The van der Waals surface area contributed by atoms with E-state index >= 15 is 0 Å². The molecule has 9 heteroatoms. The number of carboxylic acids is 1. The molecule has 0 saturated carbocycles. The molecule has 0 radical (unpaired) electrons. The smallest absolute Gasteiger partial charge is 0.365 e. The standard InChI is InChI=1S/C10H7N3O5S/c14-8-2-1-7(13(17)18)4-12(8)3-6-5-19-9(11-6)10(15)16/h1-2,4-5H,3H2,(H,15,16). The van der Waals surface area contributed by atoms with Crippen molar-refractivity contribution >= 4 is 23.0 Å². The fourth-order valence-electron chi connectivity index (χ4n) is 1.40. The molecule has 0 fully saturated rings. The van der Waals surface area contributed by atoms with Gasteiger partial charge in [-0.15, -0.1) is 11.3 Å². The number of hydrogen-bond acceptors (Lipinski definition) is 6. The van der Waals surface area contributed by atoms with Crippen LogP contribution >= 0.6 is 11.3 Å². The molecule has 0 aromatic carbocycles. The molecule has 0 aliphatic carbocycles. The lowest BCUT2D eigenvalue weighted by atomic mass is 10.4. The van der Waals surface area contributed by atoms with Gasteiger partial charge in [-0.25, -0.2) is 9.78 Å². The van der Waals surface area contributed by atoms with Crippen LogP contribution in [0.1, 0.15) is 15.5 Å². The minimum Gasteiger partial charge on any atom is -0.476 e. The highest BCUT2D eigenvalue weighted by molar-refractivity contribution is 7.11. The second-order valence-corrected chi connectivity index (χ2v) is 4.42. The second kappa shape index (κ2) is 4.98. The highest BCUT2D eigenvalue weighted by Crippen LogP contribution is 2.12. The van der Waals surface area contributed by atoms with Crippen LogP contribution in [-0.4, -0.2) is 25.6 Å². The van der Waals surface area contributed by atoms with Gasteiger partial charge in [0.1, 0.15) is 0 Å². The van der Waals surface area contributed by atoms with Crippen LogP contribution in [0.3, 0.4) is 0 Å². The van der Waals surface area contributed by atoms with Gasteiger partial charge in [0, 0.05) is 17.5 Å². The van der Waals surface area contributed by atoms with Crippen LogP contribution < -0.4 is 5.56 Å². The number of aromatic nitrogens is 2. The molecule has 2 aromatic rings. The Hall–Kier alpha value is -2.55. The van der Waals surface area contributed by atoms with Crippen LogP contribution in [0.25, 0.3) is 0 Å². The molecule has 2 heterocycles. The molecule has 8 nitrogen and oxygen atoms in total. The molecule has 0 aliphatic rings. The van der Waals surface area contributed by atoms with E-state index in [1.54, 1.807) is 0 Å². The predicted octanol–water partition coefficient (Wildman–Crippen LogP) is 0.959. The zero-order chi connectivity index (χ0) is 14.0. The van der Waals surface area contributed by atoms with Crippen molar-refractivity contribution in [2.24, 2.45) is 0 Å². The number of thiazole rings is 1. The molecule has 0 bridgehead atoms. The van der Waals surface area contributed by atoms with Crippen molar-refractivity contribution in [2.45, 2.75) is 6.54 Å². The number of carbonyl (C=O) groups is 1. The van der Waals surface area contributed by atoms with Crippen LogP contribution in [0.15, 0.2) is 28.5 Å². The van der Waals surface area contributed by atoms with Crippen molar-refractivity contribution in [3.8, 4) is 0 Å². The van der Waals surface area contributed by atoms with Crippen LogP contribution in [0, 0.1) is 10.1 Å². The van der Waals surface area contributed by atoms with Gasteiger partial charge in [0.2, 0.25) is 5.01 Å². The average Bonchev–Trinajstić information content (AvgIpc) is 2.80. The van der Waals surface area contributed by atoms with E-state index in [1.807, 2.05) is 0 Å². The largest absolute Gasteiger partial charge is 0.476 e. The third-order valence-electron chi connectivity index (χ3n) is 2.25. The lowest BCUT2D eigenvalue weighted by Gasteiger charge is -2.02. The molecule has 1 N–H and O–H groups in total. The molecule has 0 spiro atoms. The molecular formula is C10H7N3O5S. The van der Waals surface area contributed by atoms with E-state index < -0.39 is 16.5 Å². The van der Waals surface area contributed by atoms with Gasteiger partial charge in [-0.2, -0.15) is 0 Å². The monoisotopic (exact) mass is 281 g/mol. The number of hydrogen-bond donors (Lipinski definition) is 1. The Morgan fingerprint density at radius 2 is 2.26 bits per heavy atom. The van der Waals surface area contributed by atoms with Crippen molar-refractivity contribution in [3.63, 3.8) is 0 Å². The molecule has 2 rings (SSSR count). The van der Waals surface area contributed by atoms with Crippen molar-refractivity contribution < 1.29 is 14.8 Å². The lowest BCUT2D eigenvalue weighted by Crippen LogP contribution is -2.19.